The second-order valence-electron chi connectivity index (χ2n) is 5.52. The second kappa shape index (κ2) is 5.91. The predicted molar refractivity (Wildman–Crippen MR) is 88.3 cm³/mol. The van der Waals surface area contributed by atoms with Gasteiger partial charge in [0.15, 0.2) is 5.75 Å². The number of carbonyl (C=O) groups is 1. The fourth-order valence-electron chi connectivity index (χ4n) is 2.74. The SMILES string of the molecule is Cn1cc2c(c(O)c1=O)C(=O)N(Cc1ccc(Cl)c(Cl)c1)CC2. The van der Waals surface area contributed by atoms with Crippen LogP contribution < -0.4 is 5.56 Å². The van der Waals surface area contributed by atoms with E-state index in [9.17, 15) is 14.7 Å². The highest BCUT2D eigenvalue weighted by molar-refractivity contribution is 6.42. The molecule has 1 aliphatic heterocycles. The summed E-state index contributed by atoms with van der Waals surface area (Å²) in [6.45, 7) is 0.841. The summed E-state index contributed by atoms with van der Waals surface area (Å²) in [5.41, 5.74) is 1.03. The van der Waals surface area contributed by atoms with Gasteiger partial charge in [-0.25, -0.2) is 0 Å². The molecule has 2 aromatic rings. The third-order valence-electron chi connectivity index (χ3n) is 3.94. The van der Waals surface area contributed by atoms with E-state index < -0.39 is 11.3 Å². The number of nitrogens with zero attached hydrogens (tertiary/aromatic N) is 2. The lowest BCUT2D eigenvalue weighted by Gasteiger charge is -2.29. The van der Waals surface area contributed by atoms with Crippen molar-refractivity contribution in [2.45, 2.75) is 13.0 Å². The maximum Gasteiger partial charge on any atom is 0.293 e. The summed E-state index contributed by atoms with van der Waals surface area (Å²) in [4.78, 5) is 26.0. The number of aromatic hydroxyl groups is 1. The summed E-state index contributed by atoms with van der Waals surface area (Å²) in [5, 5.41) is 10.9. The average molecular weight is 353 g/mol. The standard InChI is InChI=1S/C16H14Cl2N2O3/c1-19-8-10-4-5-20(15(22)13(10)14(21)16(19)23)7-9-2-3-11(17)12(18)6-9/h2-3,6,8,21H,4-5,7H2,1H3. The second-order valence-corrected chi connectivity index (χ2v) is 6.33. The molecule has 1 aliphatic rings. The number of rotatable bonds is 2. The minimum atomic E-state index is -0.575. The van der Waals surface area contributed by atoms with Gasteiger partial charge in [-0.3, -0.25) is 9.59 Å². The van der Waals surface area contributed by atoms with Gasteiger partial charge in [0.25, 0.3) is 11.5 Å². The Morgan fingerprint density at radius 3 is 2.65 bits per heavy atom. The number of halogens is 2. The molecular formula is C16H14Cl2N2O3. The number of aryl methyl sites for hydroxylation is 1. The highest BCUT2D eigenvalue weighted by Crippen LogP contribution is 2.27. The fraction of sp³-hybridized carbons (Fsp3) is 0.250. The van der Waals surface area contributed by atoms with E-state index in [1.54, 1.807) is 36.3 Å². The van der Waals surface area contributed by atoms with Crippen LogP contribution in [0.1, 0.15) is 21.5 Å². The lowest BCUT2D eigenvalue weighted by Crippen LogP contribution is -2.38. The highest BCUT2D eigenvalue weighted by Gasteiger charge is 2.29. The Balaban J connectivity index is 1.93. The van der Waals surface area contributed by atoms with Crippen LogP contribution in [-0.2, 0) is 20.0 Å². The first-order valence-corrected chi connectivity index (χ1v) is 7.78. The number of aromatic nitrogens is 1. The maximum atomic E-state index is 12.6. The summed E-state index contributed by atoms with van der Waals surface area (Å²) < 4.78 is 1.29. The third-order valence-corrected chi connectivity index (χ3v) is 4.68. The van der Waals surface area contributed by atoms with E-state index in [2.05, 4.69) is 0 Å². The Bertz CT molecular complexity index is 861. The first kappa shape index (κ1) is 15.9. The van der Waals surface area contributed by atoms with Crippen molar-refractivity contribution in [2.75, 3.05) is 6.54 Å². The lowest BCUT2D eigenvalue weighted by atomic mass is 9.99. The van der Waals surface area contributed by atoms with Crippen molar-refractivity contribution in [1.82, 2.24) is 9.47 Å². The molecule has 2 heterocycles. The van der Waals surface area contributed by atoms with Gasteiger partial charge in [0.1, 0.15) is 0 Å². The minimum Gasteiger partial charge on any atom is -0.502 e. The summed E-state index contributed by atoms with van der Waals surface area (Å²) >= 11 is 11.9. The van der Waals surface area contributed by atoms with Gasteiger partial charge < -0.3 is 14.6 Å². The van der Waals surface area contributed by atoms with Crippen LogP contribution >= 0.6 is 23.2 Å². The molecule has 7 heteroatoms. The molecule has 3 rings (SSSR count). The van der Waals surface area contributed by atoms with Gasteiger partial charge in [0, 0.05) is 26.3 Å². The molecule has 0 unspecified atom stereocenters. The number of fused-ring (bicyclic) bond motifs is 1. The topological polar surface area (TPSA) is 62.5 Å². The summed E-state index contributed by atoms with van der Waals surface area (Å²) in [6, 6.07) is 5.17. The van der Waals surface area contributed by atoms with Gasteiger partial charge in [0.2, 0.25) is 0 Å². The van der Waals surface area contributed by atoms with Crippen LogP contribution in [0, 0.1) is 0 Å². The average Bonchev–Trinajstić information content (AvgIpc) is 2.51. The molecule has 0 saturated carbocycles. The zero-order valence-corrected chi connectivity index (χ0v) is 13.9. The normalized spacial score (nSPS) is 14.0. The van der Waals surface area contributed by atoms with Gasteiger partial charge in [-0.2, -0.15) is 0 Å². The number of hydrogen-bond donors (Lipinski definition) is 1. The van der Waals surface area contributed by atoms with Crippen LogP contribution in [0.3, 0.4) is 0 Å². The zero-order valence-electron chi connectivity index (χ0n) is 12.3. The smallest absolute Gasteiger partial charge is 0.293 e. The van der Waals surface area contributed by atoms with Crippen molar-refractivity contribution in [1.29, 1.82) is 0 Å². The number of hydrogen-bond acceptors (Lipinski definition) is 3. The Kier molecular flexibility index (Phi) is 4.08. The lowest BCUT2D eigenvalue weighted by molar-refractivity contribution is 0.0722. The van der Waals surface area contributed by atoms with E-state index >= 15 is 0 Å². The number of amides is 1. The molecule has 1 aromatic carbocycles. The van der Waals surface area contributed by atoms with E-state index in [0.29, 0.717) is 35.1 Å². The van der Waals surface area contributed by atoms with Gasteiger partial charge >= 0.3 is 0 Å². The molecule has 1 amide bonds. The summed E-state index contributed by atoms with van der Waals surface area (Å²) in [6.07, 6.45) is 2.18. The minimum absolute atomic E-state index is 0.0967. The number of pyridine rings is 1. The first-order valence-electron chi connectivity index (χ1n) is 7.03. The van der Waals surface area contributed by atoms with E-state index in [-0.39, 0.29) is 11.5 Å². The molecule has 1 N–H and O–H groups in total. The largest absolute Gasteiger partial charge is 0.502 e. The number of benzene rings is 1. The van der Waals surface area contributed by atoms with E-state index in [1.165, 1.54) is 4.57 Å². The molecule has 0 radical (unpaired) electrons. The molecule has 0 spiro atoms. The highest BCUT2D eigenvalue weighted by atomic mass is 35.5. The van der Waals surface area contributed by atoms with E-state index in [1.807, 2.05) is 0 Å². The first-order chi connectivity index (χ1) is 10.9. The fourth-order valence-corrected chi connectivity index (χ4v) is 3.06. The molecule has 1 aromatic heterocycles. The molecule has 0 fully saturated rings. The van der Waals surface area contributed by atoms with E-state index in [0.717, 1.165) is 5.56 Å². The monoisotopic (exact) mass is 352 g/mol. The van der Waals surface area contributed by atoms with Crippen molar-refractivity contribution in [2.24, 2.45) is 7.05 Å². The van der Waals surface area contributed by atoms with Crippen molar-refractivity contribution >= 4 is 29.1 Å². The van der Waals surface area contributed by atoms with E-state index in [4.69, 9.17) is 23.2 Å². The summed E-state index contributed by atoms with van der Waals surface area (Å²) in [5.74, 6) is -0.846. The molecular weight excluding hydrogens is 339 g/mol. The van der Waals surface area contributed by atoms with Gasteiger partial charge in [-0.15, -0.1) is 0 Å². The van der Waals surface area contributed by atoms with Crippen LogP contribution in [0.4, 0.5) is 0 Å². The van der Waals surface area contributed by atoms with Gasteiger partial charge in [-0.1, -0.05) is 29.3 Å². The van der Waals surface area contributed by atoms with Crippen molar-refractivity contribution in [3.63, 3.8) is 0 Å². The summed E-state index contributed by atoms with van der Waals surface area (Å²) in [7, 11) is 1.55. The molecule has 0 bridgehead atoms. The predicted octanol–water partition coefficient (Wildman–Crippen LogP) is 2.60. The molecule has 23 heavy (non-hydrogen) atoms. The van der Waals surface area contributed by atoms with Crippen LogP contribution in [0.25, 0.3) is 0 Å². The molecule has 0 atom stereocenters. The third kappa shape index (κ3) is 2.82. The van der Waals surface area contributed by atoms with Crippen LogP contribution in [0.5, 0.6) is 5.75 Å². The van der Waals surface area contributed by atoms with Crippen LogP contribution in [0.2, 0.25) is 10.0 Å². The van der Waals surface area contributed by atoms with Crippen molar-refractivity contribution in [3.05, 3.63) is 61.5 Å². The van der Waals surface area contributed by atoms with Crippen LogP contribution in [0.15, 0.2) is 29.2 Å². The van der Waals surface area contributed by atoms with Gasteiger partial charge in [0.05, 0.1) is 15.6 Å². The Morgan fingerprint density at radius 1 is 1.22 bits per heavy atom. The molecule has 0 saturated heterocycles. The van der Waals surface area contributed by atoms with Crippen molar-refractivity contribution < 1.29 is 9.90 Å². The van der Waals surface area contributed by atoms with Crippen LogP contribution in [-0.4, -0.2) is 27.0 Å². The van der Waals surface area contributed by atoms with Gasteiger partial charge in [-0.05, 0) is 29.7 Å². The zero-order chi connectivity index (χ0) is 16.7. The quantitative estimate of drug-likeness (QED) is 0.903. The Labute approximate surface area is 142 Å². The molecule has 5 nitrogen and oxygen atoms in total. The maximum absolute atomic E-state index is 12.6. The Morgan fingerprint density at radius 2 is 1.96 bits per heavy atom. The molecule has 0 aliphatic carbocycles. The number of carbonyl (C=O) groups excluding carboxylic acids is 1. The Hall–Kier alpha value is -1.98. The van der Waals surface area contributed by atoms with Crippen molar-refractivity contribution in [3.8, 4) is 5.75 Å². The molecule has 120 valence electrons.